The van der Waals surface area contributed by atoms with Gasteiger partial charge in [0.05, 0.1) is 17.7 Å². The minimum Gasteiger partial charge on any atom is -0.457 e. The van der Waals surface area contributed by atoms with Gasteiger partial charge in [0.15, 0.2) is 0 Å². The van der Waals surface area contributed by atoms with Gasteiger partial charge in [0.1, 0.15) is 11.5 Å². The average Bonchev–Trinajstić information content (AvgIpc) is 2.95. The largest absolute Gasteiger partial charge is 0.457 e. The molecule has 4 unspecified atom stereocenters. The lowest BCUT2D eigenvalue weighted by Crippen LogP contribution is -2.57. The zero-order valence-corrected chi connectivity index (χ0v) is 23.9. The van der Waals surface area contributed by atoms with Crippen molar-refractivity contribution in [3.8, 4) is 11.5 Å². The van der Waals surface area contributed by atoms with E-state index in [0.717, 1.165) is 31.2 Å². The third-order valence-corrected chi connectivity index (χ3v) is 7.69. The van der Waals surface area contributed by atoms with Gasteiger partial charge in [-0.25, -0.2) is 4.79 Å². The average molecular weight is 542 g/mol. The van der Waals surface area contributed by atoms with E-state index in [-0.39, 0.29) is 17.9 Å². The predicted molar refractivity (Wildman–Crippen MR) is 154 cm³/mol. The molecule has 3 rings (SSSR count). The number of nitrogens with one attached hydrogen (secondary N) is 2. The Balaban J connectivity index is 1.85. The van der Waals surface area contributed by atoms with Gasteiger partial charge in [0, 0.05) is 44.8 Å². The second-order valence-corrected chi connectivity index (χ2v) is 10.9. The molecule has 2 aromatic carbocycles. The number of unbranched alkanes of at least 4 members (excludes halogenated alkanes) is 1. The number of aliphatic hydroxyl groups is 2. The topological polar surface area (TPSA) is 103 Å². The van der Waals surface area contributed by atoms with Gasteiger partial charge in [0.2, 0.25) is 0 Å². The Hall–Kier alpha value is -2.65. The highest BCUT2D eigenvalue weighted by Gasteiger charge is 2.43. The van der Waals surface area contributed by atoms with Crippen LogP contribution in [0.3, 0.4) is 0 Å². The lowest BCUT2D eigenvalue weighted by molar-refractivity contribution is -0.0577. The van der Waals surface area contributed by atoms with Crippen molar-refractivity contribution in [3.63, 3.8) is 0 Å². The normalized spacial score (nSPS) is 18.8. The monoisotopic (exact) mass is 541 g/mol. The second kappa shape index (κ2) is 15.2. The fraction of sp³-hybridized carbons (Fsp3) is 0.581. The van der Waals surface area contributed by atoms with E-state index in [0.29, 0.717) is 44.2 Å². The number of methoxy groups -OCH3 is 1. The molecule has 2 aromatic rings. The van der Waals surface area contributed by atoms with Crippen LogP contribution in [-0.2, 0) is 10.3 Å². The number of para-hydroxylation sites is 2. The molecule has 1 aliphatic rings. The molecule has 1 heterocycles. The van der Waals surface area contributed by atoms with E-state index in [2.05, 4.69) is 10.6 Å². The van der Waals surface area contributed by atoms with Crippen LogP contribution < -0.4 is 15.4 Å². The van der Waals surface area contributed by atoms with E-state index in [1.54, 1.807) is 12.0 Å². The summed E-state index contributed by atoms with van der Waals surface area (Å²) < 4.78 is 11.5. The summed E-state index contributed by atoms with van der Waals surface area (Å²) in [4.78, 5) is 15.2. The Bertz CT molecular complexity index is 1000. The number of benzene rings is 2. The summed E-state index contributed by atoms with van der Waals surface area (Å²) in [5.41, 5.74) is -0.457. The Labute approximate surface area is 233 Å². The molecule has 0 bridgehead atoms. The van der Waals surface area contributed by atoms with E-state index < -0.39 is 17.7 Å². The highest BCUT2D eigenvalue weighted by molar-refractivity contribution is 5.74. The van der Waals surface area contributed by atoms with Crippen LogP contribution in [0.2, 0.25) is 0 Å². The Kier molecular flexibility index (Phi) is 12.1. The molecule has 0 radical (unpaired) electrons. The zero-order chi connectivity index (χ0) is 28.3. The quantitative estimate of drug-likeness (QED) is 0.263. The summed E-state index contributed by atoms with van der Waals surface area (Å²) in [5, 5.41) is 29.2. The van der Waals surface area contributed by atoms with Gasteiger partial charge in [-0.3, -0.25) is 0 Å². The highest BCUT2D eigenvalue weighted by Crippen LogP contribution is 2.44. The number of nitrogens with zero attached hydrogens (tertiary/aromatic N) is 1. The fourth-order valence-electron chi connectivity index (χ4n) is 5.47. The molecule has 0 saturated carbocycles. The Morgan fingerprint density at radius 2 is 1.85 bits per heavy atom. The zero-order valence-electron chi connectivity index (χ0n) is 23.9. The molecule has 4 atom stereocenters. The van der Waals surface area contributed by atoms with Gasteiger partial charge in [-0.05, 0) is 63.3 Å². The molecule has 8 nitrogen and oxygen atoms in total. The molecule has 0 aromatic heterocycles. The number of amides is 2. The molecule has 2 amide bonds. The van der Waals surface area contributed by atoms with Crippen molar-refractivity contribution in [1.82, 2.24) is 15.5 Å². The minimum atomic E-state index is -1.19. The number of aliphatic hydroxyl groups excluding tert-OH is 1. The van der Waals surface area contributed by atoms with E-state index in [9.17, 15) is 15.0 Å². The van der Waals surface area contributed by atoms with Crippen LogP contribution in [0.1, 0.15) is 51.5 Å². The second-order valence-electron chi connectivity index (χ2n) is 10.9. The number of likely N-dealkylation sites (N-methyl/N-ethyl adjacent to an activating group) is 1. The number of rotatable bonds is 14. The first-order valence-electron chi connectivity index (χ1n) is 14.2. The first kappa shape index (κ1) is 30.9. The summed E-state index contributed by atoms with van der Waals surface area (Å²) in [5.74, 6) is 1.15. The van der Waals surface area contributed by atoms with Crippen LogP contribution in [0.15, 0.2) is 54.6 Å². The molecular weight excluding hydrogens is 494 g/mol. The number of hydrogen-bond donors (Lipinski definition) is 4. The van der Waals surface area contributed by atoms with E-state index in [4.69, 9.17) is 9.47 Å². The van der Waals surface area contributed by atoms with Crippen molar-refractivity contribution < 1.29 is 24.5 Å². The number of carbonyl (C=O) groups excluding carboxylic acids is 1. The maximum absolute atomic E-state index is 13.4. The molecular formula is C31H47N3O5. The van der Waals surface area contributed by atoms with Gasteiger partial charge in [0.25, 0.3) is 0 Å². The fourth-order valence-corrected chi connectivity index (χ4v) is 5.47. The number of hydrogen-bond acceptors (Lipinski definition) is 6. The third kappa shape index (κ3) is 8.42. The van der Waals surface area contributed by atoms with Gasteiger partial charge in [-0.15, -0.1) is 0 Å². The Morgan fingerprint density at radius 3 is 2.54 bits per heavy atom. The van der Waals surface area contributed by atoms with Gasteiger partial charge in [-0.1, -0.05) is 50.2 Å². The smallest absolute Gasteiger partial charge is 0.317 e. The molecule has 0 aliphatic carbocycles. The van der Waals surface area contributed by atoms with Crippen LogP contribution in [0, 0.1) is 11.8 Å². The van der Waals surface area contributed by atoms with Crippen molar-refractivity contribution in [2.75, 3.05) is 40.4 Å². The summed E-state index contributed by atoms with van der Waals surface area (Å²) in [6, 6.07) is 16.6. The van der Waals surface area contributed by atoms with Crippen LogP contribution in [0.4, 0.5) is 4.79 Å². The van der Waals surface area contributed by atoms with E-state index >= 15 is 0 Å². The Morgan fingerprint density at radius 1 is 1.13 bits per heavy atom. The van der Waals surface area contributed by atoms with Crippen molar-refractivity contribution in [2.45, 2.75) is 63.7 Å². The third-order valence-electron chi connectivity index (χ3n) is 7.69. The van der Waals surface area contributed by atoms with Crippen molar-refractivity contribution in [3.05, 3.63) is 60.2 Å². The number of piperidine rings is 1. The van der Waals surface area contributed by atoms with Crippen LogP contribution in [-0.4, -0.2) is 73.7 Å². The summed E-state index contributed by atoms with van der Waals surface area (Å²) in [6.45, 7) is 5.99. The van der Waals surface area contributed by atoms with Gasteiger partial charge < -0.3 is 35.2 Å². The molecule has 0 spiro atoms. The predicted octanol–water partition coefficient (Wildman–Crippen LogP) is 4.51. The lowest BCUT2D eigenvalue weighted by Gasteiger charge is -2.43. The molecule has 1 saturated heterocycles. The minimum absolute atomic E-state index is 0.0102. The summed E-state index contributed by atoms with van der Waals surface area (Å²) in [7, 11) is 3.49. The molecule has 1 fully saturated rings. The number of likely N-dealkylation sites (tertiary alicyclic amines) is 1. The maximum Gasteiger partial charge on any atom is 0.317 e. The van der Waals surface area contributed by atoms with E-state index in [1.807, 2.05) is 75.5 Å². The van der Waals surface area contributed by atoms with Crippen molar-refractivity contribution in [1.29, 1.82) is 0 Å². The summed E-state index contributed by atoms with van der Waals surface area (Å²) >= 11 is 0. The van der Waals surface area contributed by atoms with Gasteiger partial charge >= 0.3 is 6.03 Å². The van der Waals surface area contributed by atoms with Gasteiger partial charge in [-0.2, -0.15) is 0 Å². The van der Waals surface area contributed by atoms with E-state index in [1.165, 1.54) is 0 Å². The highest BCUT2D eigenvalue weighted by atomic mass is 16.5. The first-order valence-corrected chi connectivity index (χ1v) is 14.2. The molecule has 216 valence electrons. The SMILES string of the molecule is CNCC(NC(=O)N1CCCC(C(O)(CCCCOC)c2ccccc2Oc2ccccc2)C1)C(O)C(C)C. The van der Waals surface area contributed by atoms with Crippen molar-refractivity contribution >= 4 is 6.03 Å². The molecule has 1 aliphatic heterocycles. The van der Waals surface area contributed by atoms with Crippen molar-refractivity contribution in [2.24, 2.45) is 11.8 Å². The number of urea groups is 1. The lowest BCUT2D eigenvalue weighted by atomic mass is 9.73. The molecule has 8 heteroatoms. The molecule has 39 heavy (non-hydrogen) atoms. The van der Waals surface area contributed by atoms with Crippen LogP contribution in [0.5, 0.6) is 11.5 Å². The molecule has 4 N–H and O–H groups in total. The van der Waals surface area contributed by atoms with Crippen LogP contribution >= 0.6 is 0 Å². The van der Waals surface area contributed by atoms with Crippen LogP contribution in [0.25, 0.3) is 0 Å². The number of carbonyl (C=O) groups is 1. The number of ether oxygens (including phenoxy) is 2. The standard InChI is InChI=1S/C31H47N3O5/c1-23(2)29(35)27(21-32-3)33-30(36)34-19-12-13-24(22-34)31(37,18-10-11-20-38-4)26-16-8-9-17-28(26)39-25-14-6-5-7-15-25/h5-9,14-17,23-24,27,29,32,35,37H,10-13,18-22H2,1-4H3,(H,33,36). The summed E-state index contributed by atoms with van der Waals surface area (Å²) in [6.07, 6.45) is 3.04. The first-order chi connectivity index (χ1) is 18.8. The maximum atomic E-state index is 13.4.